The van der Waals surface area contributed by atoms with Gasteiger partial charge in [-0.15, -0.1) is 0 Å². The Bertz CT molecular complexity index is 473. The van der Waals surface area contributed by atoms with Crippen LogP contribution in [-0.4, -0.2) is 20.7 Å². The van der Waals surface area contributed by atoms with Crippen LogP contribution in [-0.2, 0) is 6.42 Å². The summed E-state index contributed by atoms with van der Waals surface area (Å²) in [7, 11) is 0. The molecule has 90 valence electrons. The predicted octanol–water partition coefficient (Wildman–Crippen LogP) is 2.27. The Morgan fingerprint density at radius 1 is 1.24 bits per heavy atom. The lowest BCUT2D eigenvalue weighted by Crippen LogP contribution is -2.26. The molecule has 0 aliphatic carbocycles. The fourth-order valence-electron chi connectivity index (χ4n) is 1.38. The molecule has 5 nitrogen and oxygen atoms in total. The molecule has 2 aromatic heterocycles. The molecule has 0 aliphatic rings. The van der Waals surface area contributed by atoms with Gasteiger partial charge in [-0.05, 0) is 38.5 Å². The maximum Gasteiger partial charge on any atom is 0.321 e. The fraction of sp³-hybridized carbons (Fsp3) is 0.417. The monoisotopic (exact) mass is 232 g/mol. The average molecular weight is 232 g/mol. The van der Waals surface area contributed by atoms with Gasteiger partial charge in [-0.1, -0.05) is 5.16 Å². The van der Waals surface area contributed by atoms with Crippen molar-refractivity contribution in [3.05, 3.63) is 35.9 Å². The van der Waals surface area contributed by atoms with Crippen LogP contribution in [0.5, 0.6) is 0 Å². The molecule has 0 aliphatic heterocycles. The van der Waals surface area contributed by atoms with E-state index in [9.17, 15) is 0 Å². The first-order valence-electron chi connectivity index (χ1n) is 5.53. The zero-order valence-electron chi connectivity index (χ0n) is 10.3. The van der Waals surface area contributed by atoms with Gasteiger partial charge in [0.15, 0.2) is 5.82 Å². The van der Waals surface area contributed by atoms with Crippen LogP contribution in [0.3, 0.4) is 0 Å². The summed E-state index contributed by atoms with van der Waals surface area (Å²) in [6.07, 6.45) is 4.16. The first-order chi connectivity index (χ1) is 8.03. The quantitative estimate of drug-likeness (QED) is 0.879. The van der Waals surface area contributed by atoms with E-state index in [0.717, 1.165) is 5.56 Å². The highest BCUT2D eigenvalue weighted by Crippen LogP contribution is 2.13. The second-order valence-corrected chi connectivity index (χ2v) is 4.92. The van der Waals surface area contributed by atoms with Crippen molar-refractivity contribution >= 4 is 6.01 Å². The fourth-order valence-corrected chi connectivity index (χ4v) is 1.38. The van der Waals surface area contributed by atoms with Gasteiger partial charge in [-0.2, -0.15) is 4.98 Å². The van der Waals surface area contributed by atoms with E-state index in [1.165, 1.54) is 0 Å². The Hall–Kier alpha value is -1.91. The number of aromatic nitrogens is 3. The molecule has 0 atom stereocenters. The third-order valence-electron chi connectivity index (χ3n) is 2.06. The first-order valence-corrected chi connectivity index (χ1v) is 5.53. The van der Waals surface area contributed by atoms with Crippen molar-refractivity contribution in [1.29, 1.82) is 0 Å². The standard InChI is InChI=1S/C12H16N4O/c1-12(2,3)15-11-14-10(16-17-11)8-9-4-6-13-7-5-9/h4-7H,8H2,1-3H3,(H,14,15,16). The van der Waals surface area contributed by atoms with E-state index in [0.29, 0.717) is 18.3 Å². The zero-order valence-corrected chi connectivity index (χ0v) is 10.3. The normalized spacial score (nSPS) is 11.5. The van der Waals surface area contributed by atoms with Gasteiger partial charge in [0, 0.05) is 24.4 Å². The summed E-state index contributed by atoms with van der Waals surface area (Å²) in [4.78, 5) is 8.25. The minimum absolute atomic E-state index is 0.0829. The molecule has 1 N–H and O–H groups in total. The lowest BCUT2D eigenvalue weighted by atomic mass is 10.1. The SMILES string of the molecule is CC(C)(C)Nc1nc(Cc2ccncc2)no1. The maximum absolute atomic E-state index is 5.13. The van der Waals surface area contributed by atoms with E-state index < -0.39 is 0 Å². The maximum atomic E-state index is 5.13. The Morgan fingerprint density at radius 2 is 1.94 bits per heavy atom. The Morgan fingerprint density at radius 3 is 2.59 bits per heavy atom. The molecule has 2 rings (SSSR count). The number of nitrogens with one attached hydrogen (secondary N) is 1. The molecule has 2 heterocycles. The minimum Gasteiger partial charge on any atom is -0.333 e. The number of pyridine rings is 1. The zero-order chi connectivity index (χ0) is 12.3. The van der Waals surface area contributed by atoms with E-state index in [4.69, 9.17) is 4.52 Å². The highest BCUT2D eigenvalue weighted by atomic mass is 16.5. The molecule has 0 saturated heterocycles. The summed E-state index contributed by atoms with van der Waals surface area (Å²) in [5.41, 5.74) is 1.03. The summed E-state index contributed by atoms with van der Waals surface area (Å²) in [6, 6.07) is 4.34. The van der Waals surface area contributed by atoms with E-state index in [2.05, 4.69) is 20.4 Å². The lowest BCUT2D eigenvalue weighted by Gasteiger charge is -2.17. The Kier molecular flexibility index (Phi) is 3.08. The summed E-state index contributed by atoms with van der Waals surface area (Å²) in [5.74, 6) is 0.669. The average Bonchev–Trinajstić information content (AvgIpc) is 2.64. The van der Waals surface area contributed by atoms with Crippen LogP contribution in [0.1, 0.15) is 32.2 Å². The summed E-state index contributed by atoms with van der Waals surface area (Å²) in [5, 5.41) is 7.06. The summed E-state index contributed by atoms with van der Waals surface area (Å²) >= 11 is 0. The largest absolute Gasteiger partial charge is 0.333 e. The van der Waals surface area contributed by atoms with E-state index in [-0.39, 0.29) is 5.54 Å². The molecule has 5 heteroatoms. The predicted molar refractivity (Wildman–Crippen MR) is 64.7 cm³/mol. The molecular formula is C12H16N4O. The molecule has 0 spiro atoms. The van der Waals surface area contributed by atoms with E-state index in [1.54, 1.807) is 12.4 Å². The number of rotatable bonds is 3. The lowest BCUT2D eigenvalue weighted by molar-refractivity contribution is 0.413. The van der Waals surface area contributed by atoms with Gasteiger partial charge < -0.3 is 9.84 Å². The van der Waals surface area contributed by atoms with Crippen LogP contribution in [0.25, 0.3) is 0 Å². The Balaban J connectivity index is 2.04. The molecule has 0 amide bonds. The molecule has 0 radical (unpaired) electrons. The molecule has 2 aromatic rings. The van der Waals surface area contributed by atoms with Crippen molar-refractivity contribution in [3.8, 4) is 0 Å². The van der Waals surface area contributed by atoms with Gasteiger partial charge in [0.1, 0.15) is 0 Å². The van der Waals surface area contributed by atoms with Crippen molar-refractivity contribution in [3.63, 3.8) is 0 Å². The third kappa shape index (κ3) is 3.55. The van der Waals surface area contributed by atoms with E-state index >= 15 is 0 Å². The second kappa shape index (κ2) is 4.53. The molecule has 0 unspecified atom stereocenters. The third-order valence-corrected chi connectivity index (χ3v) is 2.06. The van der Waals surface area contributed by atoms with Gasteiger partial charge in [0.05, 0.1) is 0 Å². The van der Waals surface area contributed by atoms with E-state index in [1.807, 2.05) is 32.9 Å². The van der Waals surface area contributed by atoms with Crippen molar-refractivity contribution in [2.45, 2.75) is 32.7 Å². The van der Waals surface area contributed by atoms with Crippen LogP contribution >= 0.6 is 0 Å². The van der Waals surface area contributed by atoms with Gasteiger partial charge in [0.2, 0.25) is 0 Å². The molecular weight excluding hydrogens is 216 g/mol. The van der Waals surface area contributed by atoms with Crippen molar-refractivity contribution in [1.82, 2.24) is 15.1 Å². The smallest absolute Gasteiger partial charge is 0.321 e. The number of nitrogens with zero attached hydrogens (tertiary/aromatic N) is 3. The van der Waals surface area contributed by atoms with Gasteiger partial charge in [-0.3, -0.25) is 4.98 Å². The van der Waals surface area contributed by atoms with Crippen LogP contribution in [0.2, 0.25) is 0 Å². The van der Waals surface area contributed by atoms with Crippen LogP contribution in [0, 0.1) is 0 Å². The number of hydrogen-bond acceptors (Lipinski definition) is 5. The van der Waals surface area contributed by atoms with Crippen LogP contribution in [0.4, 0.5) is 6.01 Å². The van der Waals surface area contributed by atoms with Crippen LogP contribution < -0.4 is 5.32 Å². The van der Waals surface area contributed by atoms with Crippen molar-refractivity contribution < 1.29 is 4.52 Å². The van der Waals surface area contributed by atoms with Crippen molar-refractivity contribution in [2.24, 2.45) is 0 Å². The molecule has 0 aromatic carbocycles. The molecule has 0 saturated carbocycles. The topological polar surface area (TPSA) is 63.8 Å². The minimum atomic E-state index is -0.0829. The first kappa shape index (κ1) is 11.6. The van der Waals surface area contributed by atoms with Gasteiger partial charge in [-0.25, -0.2) is 0 Å². The highest BCUT2D eigenvalue weighted by molar-refractivity contribution is 5.24. The Labute approximate surface area is 100 Å². The summed E-state index contributed by atoms with van der Waals surface area (Å²) < 4.78 is 5.13. The highest BCUT2D eigenvalue weighted by Gasteiger charge is 2.14. The van der Waals surface area contributed by atoms with Gasteiger partial charge >= 0.3 is 6.01 Å². The molecule has 0 bridgehead atoms. The van der Waals surface area contributed by atoms with Gasteiger partial charge in [0.25, 0.3) is 0 Å². The molecule has 0 fully saturated rings. The van der Waals surface area contributed by atoms with Crippen molar-refractivity contribution in [2.75, 3.05) is 5.32 Å². The number of anilines is 1. The number of hydrogen-bond donors (Lipinski definition) is 1. The van der Waals surface area contributed by atoms with Crippen LogP contribution in [0.15, 0.2) is 29.0 Å². The second-order valence-electron chi connectivity index (χ2n) is 4.92. The molecule has 17 heavy (non-hydrogen) atoms. The summed E-state index contributed by atoms with van der Waals surface area (Å²) in [6.45, 7) is 6.12.